The topological polar surface area (TPSA) is 95.3 Å². The molecule has 2 aromatic heterocycles. The second-order valence-electron chi connectivity index (χ2n) is 8.06. The first kappa shape index (κ1) is 21.6. The molecule has 0 aliphatic carbocycles. The molecule has 3 heterocycles. The molecular weight excluding hydrogens is 432 g/mol. The molecule has 1 fully saturated rings. The first-order valence-electron chi connectivity index (χ1n) is 11.0. The molecule has 9 heteroatoms. The highest BCUT2D eigenvalue weighted by Gasteiger charge is 2.33. The number of hydrogen-bond acceptors (Lipinski definition) is 7. The average molecular weight is 457 g/mol. The Kier molecular flexibility index (Phi) is 5.90. The zero-order chi connectivity index (χ0) is 23.5. The van der Waals surface area contributed by atoms with Gasteiger partial charge in [-0.05, 0) is 62.2 Å². The molecule has 1 amide bonds. The van der Waals surface area contributed by atoms with Crippen molar-refractivity contribution in [3.8, 4) is 23.1 Å². The molecule has 0 bridgehead atoms. The van der Waals surface area contributed by atoms with Crippen LogP contribution in [-0.4, -0.2) is 49.2 Å². The summed E-state index contributed by atoms with van der Waals surface area (Å²) in [4.78, 5) is 24.6. The van der Waals surface area contributed by atoms with Gasteiger partial charge in [0.15, 0.2) is 5.82 Å². The number of aromatic nitrogens is 5. The molecular formula is C25H24N6O3. The van der Waals surface area contributed by atoms with Crippen LogP contribution in [0.15, 0.2) is 67.3 Å². The van der Waals surface area contributed by atoms with E-state index in [4.69, 9.17) is 9.47 Å². The summed E-state index contributed by atoms with van der Waals surface area (Å²) in [5.74, 6) is 2.38. The highest BCUT2D eigenvalue weighted by Crippen LogP contribution is 2.33. The van der Waals surface area contributed by atoms with E-state index in [9.17, 15) is 4.79 Å². The molecule has 1 saturated heterocycles. The number of benzene rings is 2. The van der Waals surface area contributed by atoms with Gasteiger partial charge in [-0.1, -0.05) is 6.07 Å². The van der Waals surface area contributed by atoms with Crippen LogP contribution in [-0.2, 0) is 0 Å². The van der Waals surface area contributed by atoms with Gasteiger partial charge in [0.25, 0.3) is 5.91 Å². The van der Waals surface area contributed by atoms with Crippen LogP contribution in [0.4, 0.5) is 0 Å². The summed E-state index contributed by atoms with van der Waals surface area (Å²) in [5, 5.41) is 7.68. The van der Waals surface area contributed by atoms with E-state index in [2.05, 4.69) is 20.2 Å². The van der Waals surface area contributed by atoms with Crippen LogP contribution >= 0.6 is 0 Å². The van der Waals surface area contributed by atoms with Crippen LogP contribution in [0.2, 0.25) is 0 Å². The zero-order valence-electron chi connectivity index (χ0n) is 19.0. The lowest BCUT2D eigenvalue weighted by Crippen LogP contribution is -2.31. The lowest BCUT2D eigenvalue weighted by atomic mass is 10.1. The van der Waals surface area contributed by atoms with Crippen molar-refractivity contribution < 1.29 is 14.3 Å². The Labute approximate surface area is 197 Å². The Hall–Kier alpha value is -4.27. The Balaban J connectivity index is 1.39. The lowest BCUT2D eigenvalue weighted by molar-refractivity contribution is 0.0729. The molecule has 34 heavy (non-hydrogen) atoms. The zero-order valence-corrected chi connectivity index (χ0v) is 19.0. The number of hydrogen-bond donors (Lipinski definition) is 0. The molecule has 0 saturated carbocycles. The molecule has 0 radical (unpaired) electrons. The molecule has 1 aliphatic rings. The van der Waals surface area contributed by atoms with Crippen LogP contribution in [0.5, 0.6) is 17.4 Å². The van der Waals surface area contributed by atoms with Gasteiger partial charge in [-0.3, -0.25) is 9.36 Å². The fourth-order valence-corrected chi connectivity index (χ4v) is 4.11. The van der Waals surface area contributed by atoms with Crippen molar-refractivity contribution in [2.24, 2.45) is 0 Å². The van der Waals surface area contributed by atoms with E-state index in [1.165, 1.54) is 0 Å². The third-order valence-electron chi connectivity index (χ3n) is 5.75. The van der Waals surface area contributed by atoms with Gasteiger partial charge in [0.05, 0.1) is 13.2 Å². The fourth-order valence-electron chi connectivity index (χ4n) is 4.11. The van der Waals surface area contributed by atoms with Crippen molar-refractivity contribution in [1.29, 1.82) is 0 Å². The normalized spacial score (nSPS) is 15.4. The molecule has 172 valence electrons. The summed E-state index contributed by atoms with van der Waals surface area (Å²) in [7, 11) is 1.62. The van der Waals surface area contributed by atoms with Gasteiger partial charge in [0.1, 0.15) is 24.2 Å². The SMILES string of the molecule is COc1ccc(Oc2cc(C)nc(C3CCCN3C(=O)c3cccc(-n4cnnc4)c3)n2)cc1. The van der Waals surface area contributed by atoms with Gasteiger partial charge in [0.2, 0.25) is 5.88 Å². The highest BCUT2D eigenvalue weighted by atomic mass is 16.5. The van der Waals surface area contributed by atoms with Crippen LogP contribution in [0.3, 0.4) is 0 Å². The van der Waals surface area contributed by atoms with E-state index in [0.29, 0.717) is 29.6 Å². The predicted molar refractivity (Wildman–Crippen MR) is 124 cm³/mol. The molecule has 4 aromatic rings. The van der Waals surface area contributed by atoms with Crippen molar-refractivity contribution in [2.45, 2.75) is 25.8 Å². The quantitative estimate of drug-likeness (QED) is 0.430. The molecule has 1 atom stereocenters. The van der Waals surface area contributed by atoms with Crippen molar-refractivity contribution in [1.82, 2.24) is 29.6 Å². The van der Waals surface area contributed by atoms with Gasteiger partial charge in [-0.25, -0.2) is 4.98 Å². The van der Waals surface area contributed by atoms with Crippen molar-refractivity contribution in [3.05, 3.63) is 84.3 Å². The average Bonchev–Trinajstić information content (AvgIpc) is 3.56. The molecule has 1 unspecified atom stereocenters. The minimum Gasteiger partial charge on any atom is -0.497 e. The highest BCUT2D eigenvalue weighted by molar-refractivity contribution is 5.95. The summed E-state index contributed by atoms with van der Waals surface area (Å²) in [6.45, 7) is 2.54. The number of methoxy groups -OCH3 is 1. The van der Waals surface area contributed by atoms with Crippen LogP contribution < -0.4 is 9.47 Å². The first-order chi connectivity index (χ1) is 16.6. The number of nitrogens with zero attached hydrogens (tertiary/aromatic N) is 6. The Morgan fingerprint density at radius 2 is 1.76 bits per heavy atom. The van der Waals surface area contributed by atoms with Gasteiger partial charge in [-0.15, -0.1) is 10.2 Å². The number of amides is 1. The maximum atomic E-state index is 13.5. The molecule has 0 spiro atoms. The number of rotatable bonds is 6. The molecule has 5 rings (SSSR count). The fraction of sp³-hybridized carbons (Fsp3) is 0.240. The van der Waals surface area contributed by atoms with E-state index >= 15 is 0 Å². The Morgan fingerprint density at radius 3 is 2.53 bits per heavy atom. The van der Waals surface area contributed by atoms with Gasteiger partial charge in [0, 0.05) is 29.6 Å². The second kappa shape index (κ2) is 9.30. The standard InChI is InChI=1S/C25H24N6O3/c1-17-13-23(34-21-10-8-20(33-2)9-11-21)29-24(28-17)22-7-4-12-31(22)25(32)18-5-3-6-19(14-18)30-15-26-27-16-30/h3,5-6,8-11,13-16,22H,4,7,12H2,1-2H3. The minimum atomic E-state index is -0.218. The smallest absolute Gasteiger partial charge is 0.254 e. The monoisotopic (exact) mass is 456 g/mol. The van der Waals surface area contributed by atoms with E-state index in [1.807, 2.05) is 60.4 Å². The summed E-state index contributed by atoms with van der Waals surface area (Å²) in [5.41, 5.74) is 2.21. The number of ether oxygens (including phenoxy) is 2. The van der Waals surface area contributed by atoms with Gasteiger partial charge in [-0.2, -0.15) is 4.98 Å². The van der Waals surface area contributed by atoms with Crippen LogP contribution in [0.1, 0.15) is 40.8 Å². The lowest BCUT2D eigenvalue weighted by Gasteiger charge is -2.24. The number of carbonyl (C=O) groups excluding carboxylic acids is 1. The van der Waals surface area contributed by atoms with Crippen LogP contribution in [0.25, 0.3) is 5.69 Å². The van der Waals surface area contributed by atoms with Crippen molar-refractivity contribution in [2.75, 3.05) is 13.7 Å². The predicted octanol–water partition coefficient (Wildman–Crippen LogP) is 4.14. The third-order valence-corrected chi connectivity index (χ3v) is 5.75. The maximum Gasteiger partial charge on any atom is 0.254 e. The first-order valence-corrected chi connectivity index (χ1v) is 11.0. The Bertz CT molecular complexity index is 1290. The van der Waals surface area contributed by atoms with Gasteiger partial charge >= 0.3 is 0 Å². The largest absolute Gasteiger partial charge is 0.497 e. The van der Waals surface area contributed by atoms with Crippen molar-refractivity contribution in [3.63, 3.8) is 0 Å². The summed E-state index contributed by atoms with van der Waals surface area (Å²) < 4.78 is 12.9. The van der Waals surface area contributed by atoms with E-state index in [1.54, 1.807) is 30.4 Å². The molecule has 9 nitrogen and oxygen atoms in total. The van der Waals surface area contributed by atoms with Crippen LogP contribution in [0, 0.1) is 6.92 Å². The number of carbonyl (C=O) groups is 1. The Morgan fingerprint density at radius 1 is 1.00 bits per heavy atom. The summed E-state index contributed by atoms with van der Waals surface area (Å²) in [6.07, 6.45) is 4.89. The second-order valence-corrected chi connectivity index (χ2v) is 8.06. The van der Waals surface area contributed by atoms with E-state index in [-0.39, 0.29) is 11.9 Å². The van der Waals surface area contributed by atoms with Gasteiger partial charge < -0.3 is 14.4 Å². The molecule has 2 aromatic carbocycles. The van der Waals surface area contributed by atoms with Crippen molar-refractivity contribution >= 4 is 5.91 Å². The maximum absolute atomic E-state index is 13.5. The number of likely N-dealkylation sites (tertiary alicyclic amines) is 1. The molecule has 0 N–H and O–H groups in total. The summed E-state index contributed by atoms with van der Waals surface area (Å²) in [6, 6.07) is 16.3. The third kappa shape index (κ3) is 4.45. The summed E-state index contributed by atoms with van der Waals surface area (Å²) >= 11 is 0. The van der Waals surface area contributed by atoms with E-state index in [0.717, 1.165) is 30.0 Å². The van der Waals surface area contributed by atoms with E-state index < -0.39 is 0 Å². The minimum absolute atomic E-state index is 0.0554. The number of aryl methyl sites for hydroxylation is 1. The molecule has 1 aliphatic heterocycles.